The molecule has 1 aliphatic rings. The molecule has 102 valence electrons. The summed E-state index contributed by atoms with van der Waals surface area (Å²) in [6.07, 6.45) is 3.73. The molecule has 0 aromatic heterocycles. The van der Waals surface area contributed by atoms with Crippen LogP contribution in [-0.4, -0.2) is 26.8 Å². The van der Waals surface area contributed by atoms with Crippen molar-refractivity contribution in [3.05, 3.63) is 0 Å². The van der Waals surface area contributed by atoms with E-state index >= 15 is 0 Å². The van der Waals surface area contributed by atoms with Crippen LogP contribution in [-0.2, 0) is 10.0 Å². The SMILES string of the molecule is CC(C)(C)CCS(=O)(=O)NC1CCCC1CN. The van der Waals surface area contributed by atoms with Gasteiger partial charge in [0.15, 0.2) is 0 Å². The van der Waals surface area contributed by atoms with Crippen molar-refractivity contribution in [3.8, 4) is 0 Å². The Kier molecular flexibility index (Phi) is 4.98. The number of hydrogen-bond donors (Lipinski definition) is 2. The van der Waals surface area contributed by atoms with E-state index in [1.807, 2.05) is 0 Å². The molecule has 0 amide bonds. The number of rotatable bonds is 5. The third-order valence-electron chi connectivity index (χ3n) is 3.41. The first kappa shape index (κ1) is 14.9. The molecule has 0 radical (unpaired) electrons. The van der Waals surface area contributed by atoms with Crippen molar-refractivity contribution in [2.24, 2.45) is 17.1 Å². The van der Waals surface area contributed by atoms with Gasteiger partial charge in [0, 0.05) is 6.04 Å². The molecule has 5 heteroatoms. The summed E-state index contributed by atoms with van der Waals surface area (Å²) >= 11 is 0. The molecule has 0 spiro atoms. The van der Waals surface area contributed by atoms with Gasteiger partial charge in [-0.05, 0) is 37.1 Å². The van der Waals surface area contributed by atoms with Crippen molar-refractivity contribution >= 4 is 10.0 Å². The molecule has 17 heavy (non-hydrogen) atoms. The highest BCUT2D eigenvalue weighted by molar-refractivity contribution is 7.89. The Hall–Kier alpha value is -0.130. The highest BCUT2D eigenvalue weighted by atomic mass is 32.2. The summed E-state index contributed by atoms with van der Waals surface area (Å²) in [6, 6.07) is 0.0602. The topological polar surface area (TPSA) is 72.2 Å². The average Bonchev–Trinajstić information content (AvgIpc) is 2.61. The highest BCUT2D eigenvalue weighted by Gasteiger charge is 2.29. The Morgan fingerprint density at radius 1 is 1.29 bits per heavy atom. The molecule has 1 fully saturated rings. The van der Waals surface area contributed by atoms with Crippen LogP contribution < -0.4 is 10.5 Å². The smallest absolute Gasteiger partial charge is 0.211 e. The molecule has 0 aromatic rings. The van der Waals surface area contributed by atoms with Gasteiger partial charge in [0.05, 0.1) is 5.75 Å². The second-order valence-corrected chi connectivity index (χ2v) is 8.15. The summed E-state index contributed by atoms with van der Waals surface area (Å²) in [6.45, 7) is 6.74. The maximum Gasteiger partial charge on any atom is 0.211 e. The monoisotopic (exact) mass is 262 g/mol. The van der Waals surface area contributed by atoms with Crippen LogP contribution in [0.1, 0.15) is 46.5 Å². The fraction of sp³-hybridized carbons (Fsp3) is 1.00. The molecule has 3 N–H and O–H groups in total. The maximum atomic E-state index is 11.9. The van der Waals surface area contributed by atoms with E-state index in [0.717, 1.165) is 19.3 Å². The molecular formula is C12H26N2O2S. The van der Waals surface area contributed by atoms with E-state index in [9.17, 15) is 8.42 Å². The van der Waals surface area contributed by atoms with Crippen molar-refractivity contribution in [1.29, 1.82) is 0 Å². The Labute approximate surface area is 105 Å². The summed E-state index contributed by atoms with van der Waals surface area (Å²) in [7, 11) is -3.15. The first-order chi connectivity index (χ1) is 7.73. The maximum absolute atomic E-state index is 11.9. The lowest BCUT2D eigenvalue weighted by Gasteiger charge is -2.22. The minimum atomic E-state index is -3.15. The van der Waals surface area contributed by atoms with Crippen molar-refractivity contribution in [2.45, 2.75) is 52.5 Å². The predicted molar refractivity (Wildman–Crippen MR) is 71.2 cm³/mol. The highest BCUT2D eigenvalue weighted by Crippen LogP contribution is 2.26. The minimum Gasteiger partial charge on any atom is -0.330 e. The fourth-order valence-electron chi connectivity index (χ4n) is 2.20. The summed E-state index contributed by atoms with van der Waals surface area (Å²) in [5, 5.41) is 0. The number of hydrogen-bond acceptors (Lipinski definition) is 3. The Balaban J connectivity index is 2.49. The first-order valence-corrected chi connectivity index (χ1v) is 8.09. The largest absolute Gasteiger partial charge is 0.330 e. The molecule has 0 bridgehead atoms. The molecule has 0 aromatic carbocycles. The third-order valence-corrected chi connectivity index (χ3v) is 4.82. The zero-order valence-electron chi connectivity index (χ0n) is 11.2. The third kappa shape index (κ3) is 5.36. The van der Waals surface area contributed by atoms with E-state index in [1.54, 1.807) is 0 Å². The van der Waals surface area contributed by atoms with Crippen LogP contribution >= 0.6 is 0 Å². The summed E-state index contributed by atoms with van der Waals surface area (Å²) in [5.41, 5.74) is 5.70. The Morgan fingerprint density at radius 3 is 2.47 bits per heavy atom. The van der Waals surface area contributed by atoms with E-state index in [2.05, 4.69) is 25.5 Å². The first-order valence-electron chi connectivity index (χ1n) is 6.43. The molecule has 1 saturated carbocycles. The molecule has 2 atom stereocenters. The zero-order chi connectivity index (χ0) is 13.1. The number of nitrogens with two attached hydrogens (primary N) is 1. The number of nitrogens with one attached hydrogen (secondary N) is 1. The standard InChI is InChI=1S/C12H26N2O2S/c1-12(2,3)7-8-17(15,16)14-11-6-4-5-10(11)9-13/h10-11,14H,4-9,13H2,1-3H3. The van der Waals surface area contributed by atoms with Gasteiger partial charge in [-0.25, -0.2) is 13.1 Å². The normalized spacial score (nSPS) is 26.4. The van der Waals surface area contributed by atoms with Crippen LogP contribution in [0.5, 0.6) is 0 Å². The van der Waals surface area contributed by atoms with Gasteiger partial charge in [0.25, 0.3) is 0 Å². The molecule has 1 rings (SSSR count). The molecule has 2 unspecified atom stereocenters. The van der Waals surface area contributed by atoms with Crippen molar-refractivity contribution in [1.82, 2.24) is 4.72 Å². The van der Waals surface area contributed by atoms with E-state index in [4.69, 9.17) is 5.73 Å². The van der Waals surface area contributed by atoms with E-state index in [-0.39, 0.29) is 17.2 Å². The second kappa shape index (κ2) is 5.67. The molecule has 0 saturated heterocycles. The van der Waals surface area contributed by atoms with Crippen LogP contribution in [0, 0.1) is 11.3 Å². The van der Waals surface area contributed by atoms with E-state index < -0.39 is 10.0 Å². The quantitative estimate of drug-likeness (QED) is 0.788. The van der Waals surface area contributed by atoms with E-state index in [0.29, 0.717) is 18.9 Å². The van der Waals surface area contributed by atoms with Gasteiger partial charge in [0.2, 0.25) is 10.0 Å². The summed E-state index contributed by atoms with van der Waals surface area (Å²) < 4.78 is 26.7. The number of sulfonamides is 1. The Morgan fingerprint density at radius 2 is 1.94 bits per heavy atom. The molecule has 0 heterocycles. The molecule has 4 nitrogen and oxygen atoms in total. The summed E-state index contributed by atoms with van der Waals surface area (Å²) in [4.78, 5) is 0. The van der Waals surface area contributed by atoms with Crippen LogP contribution in [0.2, 0.25) is 0 Å². The minimum absolute atomic E-state index is 0.0533. The lowest BCUT2D eigenvalue weighted by atomic mass is 9.94. The summed E-state index contributed by atoms with van der Waals surface area (Å²) in [5.74, 6) is 0.531. The van der Waals surface area contributed by atoms with Crippen LogP contribution in [0.4, 0.5) is 0 Å². The van der Waals surface area contributed by atoms with Crippen molar-refractivity contribution in [2.75, 3.05) is 12.3 Å². The van der Waals surface area contributed by atoms with Gasteiger partial charge < -0.3 is 5.73 Å². The van der Waals surface area contributed by atoms with E-state index in [1.165, 1.54) is 0 Å². The van der Waals surface area contributed by atoms with Gasteiger partial charge in [-0.1, -0.05) is 27.2 Å². The van der Waals surface area contributed by atoms with Gasteiger partial charge in [-0.2, -0.15) is 0 Å². The Bertz CT molecular complexity index is 333. The molecule has 0 aliphatic heterocycles. The fourth-order valence-corrected chi connectivity index (χ4v) is 3.97. The van der Waals surface area contributed by atoms with Gasteiger partial charge in [-0.3, -0.25) is 0 Å². The van der Waals surface area contributed by atoms with Crippen LogP contribution in [0.25, 0.3) is 0 Å². The van der Waals surface area contributed by atoms with Crippen molar-refractivity contribution < 1.29 is 8.42 Å². The zero-order valence-corrected chi connectivity index (χ0v) is 12.0. The predicted octanol–water partition coefficient (Wildman–Crippen LogP) is 1.47. The second-order valence-electron chi connectivity index (χ2n) is 6.28. The van der Waals surface area contributed by atoms with Gasteiger partial charge in [0.1, 0.15) is 0 Å². The van der Waals surface area contributed by atoms with Crippen LogP contribution in [0.15, 0.2) is 0 Å². The molecule has 1 aliphatic carbocycles. The lowest BCUT2D eigenvalue weighted by molar-refractivity contribution is 0.393. The van der Waals surface area contributed by atoms with Gasteiger partial charge >= 0.3 is 0 Å². The van der Waals surface area contributed by atoms with Crippen LogP contribution in [0.3, 0.4) is 0 Å². The average molecular weight is 262 g/mol. The molecular weight excluding hydrogens is 236 g/mol. The van der Waals surface area contributed by atoms with Gasteiger partial charge in [-0.15, -0.1) is 0 Å². The van der Waals surface area contributed by atoms with Crippen molar-refractivity contribution in [3.63, 3.8) is 0 Å². The lowest BCUT2D eigenvalue weighted by Crippen LogP contribution is -2.41.